The van der Waals surface area contributed by atoms with Gasteiger partial charge in [-0.15, -0.1) is 0 Å². The highest BCUT2D eigenvalue weighted by atomic mass is 16.2. The first-order valence-corrected chi connectivity index (χ1v) is 11.3. The number of rotatable bonds is 6. The number of carbonyl (C=O) groups excluding carboxylic acids is 1. The van der Waals surface area contributed by atoms with Crippen molar-refractivity contribution in [2.45, 2.75) is 32.2 Å². The van der Waals surface area contributed by atoms with Crippen molar-refractivity contribution >= 4 is 16.9 Å². The van der Waals surface area contributed by atoms with Crippen LogP contribution >= 0.6 is 0 Å². The fraction of sp³-hybridized carbons (Fsp3) is 0.308. The van der Waals surface area contributed by atoms with Crippen LogP contribution < -0.4 is 0 Å². The van der Waals surface area contributed by atoms with Crippen molar-refractivity contribution in [1.82, 2.24) is 24.4 Å². The largest absolute Gasteiger partial charge is 0.346 e. The lowest BCUT2D eigenvalue weighted by Gasteiger charge is -2.32. The molecule has 4 aromatic rings. The number of aromatic nitrogens is 4. The molecule has 0 aliphatic carbocycles. The Balaban J connectivity index is 1.17. The van der Waals surface area contributed by atoms with Crippen molar-refractivity contribution in [3.05, 3.63) is 78.9 Å². The lowest BCUT2D eigenvalue weighted by atomic mass is 9.96. The summed E-state index contributed by atoms with van der Waals surface area (Å²) in [4.78, 5) is 27.9. The van der Waals surface area contributed by atoms with Crippen LogP contribution in [-0.2, 0) is 17.8 Å². The molecular weight excluding hydrogens is 398 g/mol. The van der Waals surface area contributed by atoms with Gasteiger partial charge in [-0.3, -0.25) is 14.8 Å². The number of nitrogens with zero attached hydrogens (tertiary/aromatic N) is 5. The van der Waals surface area contributed by atoms with Crippen molar-refractivity contribution in [2.24, 2.45) is 5.92 Å². The zero-order chi connectivity index (χ0) is 21.8. The second-order valence-corrected chi connectivity index (χ2v) is 8.47. The van der Waals surface area contributed by atoms with Crippen molar-refractivity contribution in [2.75, 3.05) is 13.1 Å². The number of aryl methyl sites for hydroxylation is 1. The van der Waals surface area contributed by atoms with Crippen LogP contribution in [0.5, 0.6) is 0 Å². The number of hydrogen-bond acceptors (Lipinski definition) is 4. The molecule has 0 atom stereocenters. The molecule has 1 aliphatic heterocycles. The molecule has 32 heavy (non-hydrogen) atoms. The van der Waals surface area contributed by atoms with Gasteiger partial charge in [0, 0.05) is 44.6 Å². The Labute approximate surface area is 188 Å². The maximum absolute atomic E-state index is 12.6. The summed E-state index contributed by atoms with van der Waals surface area (Å²) in [6.07, 6.45) is 10.7. The van der Waals surface area contributed by atoms with Gasteiger partial charge in [-0.25, -0.2) is 4.98 Å². The number of benzene rings is 1. The summed E-state index contributed by atoms with van der Waals surface area (Å²) in [6.45, 7) is 2.67. The maximum Gasteiger partial charge on any atom is 0.222 e. The molecule has 0 spiro atoms. The molecule has 0 saturated carbocycles. The van der Waals surface area contributed by atoms with E-state index in [2.05, 4.69) is 45.0 Å². The number of likely N-dealkylation sites (tertiary alicyclic amines) is 1. The third-order valence-corrected chi connectivity index (χ3v) is 6.34. The van der Waals surface area contributed by atoms with E-state index in [1.165, 1.54) is 5.56 Å². The molecule has 0 bridgehead atoms. The Bertz CT molecular complexity index is 1180. The average molecular weight is 426 g/mol. The van der Waals surface area contributed by atoms with E-state index < -0.39 is 0 Å². The topological polar surface area (TPSA) is 63.9 Å². The van der Waals surface area contributed by atoms with E-state index in [9.17, 15) is 4.79 Å². The molecule has 0 unspecified atom stereocenters. The minimum absolute atomic E-state index is 0.277. The molecule has 1 aliphatic rings. The molecular formula is C26H27N5O. The predicted octanol–water partition coefficient (Wildman–Crippen LogP) is 4.36. The van der Waals surface area contributed by atoms with E-state index in [0.29, 0.717) is 12.3 Å². The Morgan fingerprint density at radius 1 is 0.969 bits per heavy atom. The second kappa shape index (κ2) is 9.30. The SMILES string of the molecule is O=C(CCc1ccccc1)N1CCC(Cn2ccc3nc(-c4cnccn4)ccc32)CC1. The molecule has 1 fully saturated rings. The number of amides is 1. The number of pyridine rings is 1. The summed E-state index contributed by atoms with van der Waals surface area (Å²) in [5.41, 5.74) is 4.96. The minimum atomic E-state index is 0.277. The highest BCUT2D eigenvalue weighted by Crippen LogP contribution is 2.24. The van der Waals surface area contributed by atoms with Crippen LogP contribution in [0.2, 0.25) is 0 Å². The predicted molar refractivity (Wildman–Crippen MR) is 125 cm³/mol. The quantitative estimate of drug-likeness (QED) is 0.460. The number of piperidine rings is 1. The van der Waals surface area contributed by atoms with Gasteiger partial charge in [0.15, 0.2) is 0 Å². The lowest BCUT2D eigenvalue weighted by molar-refractivity contribution is -0.132. The Hall–Kier alpha value is -3.54. The Morgan fingerprint density at radius 3 is 2.59 bits per heavy atom. The first-order chi connectivity index (χ1) is 15.8. The van der Waals surface area contributed by atoms with Crippen LogP contribution in [-0.4, -0.2) is 43.4 Å². The van der Waals surface area contributed by atoms with Crippen LogP contribution in [0.1, 0.15) is 24.8 Å². The van der Waals surface area contributed by atoms with Gasteiger partial charge in [-0.2, -0.15) is 0 Å². The molecule has 1 amide bonds. The van der Waals surface area contributed by atoms with Crippen molar-refractivity contribution < 1.29 is 4.79 Å². The normalized spacial score (nSPS) is 14.7. The van der Waals surface area contributed by atoms with Crippen LogP contribution in [0.3, 0.4) is 0 Å². The second-order valence-electron chi connectivity index (χ2n) is 8.47. The third-order valence-electron chi connectivity index (χ3n) is 6.34. The van der Waals surface area contributed by atoms with Gasteiger partial charge < -0.3 is 9.47 Å². The highest BCUT2D eigenvalue weighted by molar-refractivity contribution is 5.79. The molecule has 0 N–H and O–H groups in total. The zero-order valence-electron chi connectivity index (χ0n) is 18.1. The summed E-state index contributed by atoms with van der Waals surface area (Å²) in [5, 5.41) is 0. The van der Waals surface area contributed by atoms with Crippen molar-refractivity contribution in [3.63, 3.8) is 0 Å². The van der Waals surface area contributed by atoms with Crippen LogP contribution in [0.15, 0.2) is 73.3 Å². The molecule has 162 valence electrons. The van der Waals surface area contributed by atoms with E-state index in [1.54, 1.807) is 18.6 Å². The number of carbonyl (C=O) groups is 1. The van der Waals surface area contributed by atoms with E-state index in [4.69, 9.17) is 4.98 Å². The number of hydrogen-bond donors (Lipinski definition) is 0. The van der Waals surface area contributed by atoms with Gasteiger partial charge in [0.25, 0.3) is 0 Å². The summed E-state index contributed by atoms with van der Waals surface area (Å²) in [6, 6.07) is 16.4. The van der Waals surface area contributed by atoms with Crippen molar-refractivity contribution in [3.8, 4) is 11.4 Å². The van der Waals surface area contributed by atoms with Crippen LogP contribution in [0, 0.1) is 5.92 Å². The average Bonchev–Trinajstić information content (AvgIpc) is 3.26. The molecule has 4 heterocycles. The van der Waals surface area contributed by atoms with Gasteiger partial charge in [0.05, 0.1) is 22.9 Å². The summed E-state index contributed by atoms with van der Waals surface area (Å²) in [5.74, 6) is 0.850. The van der Waals surface area contributed by atoms with E-state index >= 15 is 0 Å². The number of fused-ring (bicyclic) bond motifs is 1. The third kappa shape index (κ3) is 4.54. The highest BCUT2D eigenvalue weighted by Gasteiger charge is 2.23. The van der Waals surface area contributed by atoms with Gasteiger partial charge in [0.1, 0.15) is 5.69 Å². The smallest absolute Gasteiger partial charge is 0.222 e. The summed E-state index contributed by atoms with van der Waals surface area (Å²) in [7, 11) is 0. The fourth-order valence-corrected chi connectivity index (χ4v) is 4.50. The lowest BCUT2D eigenvalue weighted by Crippen LogP contribution is -2.39. The molecule has 6 heteroatoms. The molecule has 5 rings (SSSR count). The summed E-state index contributed by atoms with van der Waals surface area (Å²) >= 11 is 0. The van der Waals surface area contributed by atoms with Crippen LogP contribution in [0.4, 0.5) is 0 Å². The standard InChI is InChI=1S/C26H27N5O/c32-26(9-6-20-4-2-1-3-5-20)30-15-10-21(11-16-30)19-31-17-12-23-25(31)8-7-22(29-23)24-18-27-13-14-28-24/h1-5,7-8,12-14,17-18,21H,6,9-11,15-16,19H2. The first-order valence-electron chi connectivity index (χ1n) is 11.3. The maximum atomic E-state index is 12.6. The van der Waals surface area contributed by atoms with Gasteiger partial charge in [0.2, 0.25) is 5.91 Å². The van der Waals surface area contributed by atoms with Crippen molar-refractivity contribution in [1.29, 1.82) is 0 Å². The van der Waals surface area contributed by atoms with Gasteiger partial charge in [-0.05, 0) is 48.9 Å². The molecule has 1 saturated heterocycles. The molecule has 3 aromatic heterocycles. The zero-order valence-corrected chi connectivity index (χ0v) is 18.1. The monoisotopic (exact) mass is 425 g/mol. The minimum Gasteiger partial charge on any atom is -0.346 e. The summed E-state index contributed by atoms with van der Waals surface area (Å²) < 4.78 is 2.29. The van der Waals surface area contributed by atoms with Gasteiger partial charge in [-0.1, -0.05) is 30.3 Å². The fourth-order valence-electron chi connectivity index (χ4n) is 4.50. The Kier molecular flexibility index (Phi) is 5.92. The molecule has 6 nitrogen and oxygen atoms in total. The first kappa shape index (κ1) is 20.4. The van der Waals surface area contributed by atoms with E-state index in [-0.39, 0.29) is 5.91 Å². The van der Waals surface area contributed by atoms with E-state index in [1.807, 2.05) is 29.2 Å². The van der Waals surface area contributed by atoms with E-state index in [0.717, 1.165) is 61.3 Å². The van der Waals surface area contributed by atoms with Crippen LogP contribution in [0.25, 0.3) is 22.4 Å². The Morgan fingerprint density at radius 2 is 1.81 bits per heavy atom. The molecule has 0 radical (unpaired) electrons. The molecule has 1 aromatic carbocycles. The van der Waals surface area contributed by atoms with Gasteiger partial charge >= 0.3 is 0 Å².